The Morgan fingerprint density at radius 1 is 1.25 bits per heavy atom. The second-order valence-electron chi connectivity index (χ2n) is 8.81. The number of carbonyl (C=O) groups is 1. The number of aliphatic hydroxyl groups is 1. The molecule has 2 aliphatic heterocycles. The average Bonchev–Trinajstić information content (AvgIpc) is 3.22. The van der Waals surface area contributed by atoms with Crippen molar-refractivity contribution in [1.82, 2.24) is 10.6 Å². The van der Waals surface area contributed by atoms with Crippen molar-refractivity contribution in [2.75, 3.05) is 26.8 Å². The summed E-state index contributed by atoms with van der Waals surface area (Å²) >= 11 is 6.50. The van der Waals surface area contributed by atoms with Crippen LogP contribution in [-0.4, -0.2) is 43.9 Å². The van der Waals surface area contributed by atoms with Gasteiger partial charge in [-0.2, -0.15) is 0 Å². The van der Waals surface area contributed by atoms with Crippen molar-refractivity contribution in [3.8, 4) is 22.6 Å². The molecule has 5 rings (SSSR count). The molecule has 188 valence electrons. The first-order chi connectivity index (χ1) is 17.4. The van der Waals surface area contributed by atoms with Crippen LogP contribution >= 0.6 is 11.6 Å². The van der Waals surface area contributed by atoms with Gasteiger partial charge >= 0.3 is 0 Å². The molecule has 0 aromatic heterocycles. The van der Waals surface area contributed by atoms with E-state index >= 15 is 8.78 Å². The lowest BCUT2D eigenvalue weighted by Crippen LogP contribution is -2.59. The van der Waals surface area contributed by atoms with Gasteiger partial charge in [0.25, 0.3) is 5.91 Å². The number of fused-ring (bicyclic) bond motifs is 1. The van der Waals surface area contributed by atoms with Gasteiger partial charge in [-0.25, -0.2) is 8.78 Å². The van der Waals surface area contributed by atoms with E-state index < -0.39 is 23.1 Å². The summed E-state index contributed by atoms with van der Waals surface area (Å²) in [6.45, 7) is 0.336. The van der Waals surface area contributed by atoms with Crippen molar-refractivity contribution in [2.24, 2.45) is 0 Å². The zero-order valence-electron chi connectivity index (χ0n) is 19.5. The van der Waals surface area contributed by atoms with Crippen molar-refractivity contribution in [1.29, 1.82) is 0 Å². The number of ether oxygens (including phenoxy) is 2. The average molecular weight is 515 g/mol. The molecule has 2 heterocycles. The summed E-state index contributed by atoms with van der Waals surface area (Å²) in [7, 11) is 1.42. The standard InChI is InChI=1S/C27H25ClF2N2O4/c1-31-26(34)16-7-8-19(35-12-11-33)25(30)23(16)22-17-14-27(21-9-10-32-21,15-5-3-2-4-6-15)36-20(17)13-18(29)24(22)28/h2-8,13,21,32-33H,9-12,14H2,1H3,(H,31,34)/t21-,27-/m0/s1. The lowest BCUT2D eigenvalue weighted by atomic mass is 9.77. The van der Waals surface area contributed by atoms with Crippen LogP contribution in [0.2, 0.25) is 5.02 Å². The Morgan fingerprint density at radius 2 is 2.00 bits per heavy atom. The summed E-state index contributed by atoms with van der Waals surface area (Å²) < 4.78 is 43.0. The Kier molecular flexibility index (Phi) is 6.59. The summed E-state index contributed by atoms with van der Waals surface area (Å²) in [4.78, 5) is 12.8. The normalized spacial score (nSPS) is 20.3. The molecule has 0 radical (unpaired) electrons. The number of aliphatic hydroxyl groups excluding tert-OH is 1. The summed E-state index contributed by atoms with van der Waals surface area (Å²) in [6, 6.07) is 13.5. The van der Waals surface area contributed by atoms with Crippen molar-refractivity contribution < 1.29 is 28.2 Å². The number of halogens is 3. The summed E-state index contributed by atoms with van der Waals surface area (Å²) in [5, 5.41) is 14.7. The number of nitrogens with one attached hydrogen (secondary N) is 2. The number of hydrogen-bond donors (Lipinski definition) is 3. The first-order valence-corrected chi connectivity index (χ1v) is 12.1. The molecule has 1 amide bonds. The topological polar surface area (TPSA) is 79.8 Å². The fourth-order valence-corrected chi connectivity index (χ4v) is 5.28. The third kappa shape index (κ3) is 3.89. The Labute approximate surface area is 212 Å². The smallest absolute Gasteiger partial charge is 0.251 e. The highest BCUT2D eigenvalue weighted by Crippen LogP contribution is 2.52. The van der Waals surface area contributed by atoms with Gasteiger partial charge in [-0.3, -0.25) is 4.79 Å². The van der Waals surface area contributed by atoms with E-state index in [4.69, 9.17) is 26.2 Å². The van der Waals surface area contributed by atoms with E-state index in [1.54, 1.807) is 0 Å². The van der Waals surface area contributed by atoms with Crippen molar-refractivity contribution in [3.63, 3.8) is 0 Å². The monoisotopic (exact) mass is 514 g/mol. The zero-order valence-corrected chi connectivity index (χ0v) is 20.3. The number of carbonyl (C=O) groups excluding carboxylic acids is 1. The minimum absolute atomic E-state index is 0.0278. The van der Waals surface area contributed by atoms with E-state index in [0.717, 1.165) is 18.5 Å². The van der Waals surface area contributed by atoms with Crippen LogP contribution in [0, 0.1) is 11.6 Å². The van der Waals surface area contributed by atoms with Crippen molar-refractivity contribution >= 4 is 17.5 Å². The van der Waals surface area contributed by atoms with Crippen LogP contribution in [0.1, 0.15) is 27.9 Å². The van der Waals surface area contributed by atoms with Crippen LogP contribution in [0.25, 0.3) is 11.1 Å². The molecular weight excluding hydrogens is 490 g/mol. The van der Waals surface area contributed by atoms with Crippen molar-refractivity contribution in [3.05, 3.63) is 81.9 Å². The maximum atomic E-state index is 15.9. The molecule has 2 aliphatic rings. The highest BCUT2D eigenvalue weighted by molar-refractivity contribution is 6.34. The van der Waals surface area contributed by atoms with Crippen LogP contribution in [0.5, 0.6) is 11.5 Å². The quantitative estimate of drug-likeness (QED) is 0.440. The van der Waals surface area contributed by atoms with Gasteiger partial charge in [0.1, 0.15) is 18.2 Å². The molecule has 1 fully saturated rings. The highest BCUT2D eigenvalue weighted by Gasteiger charge is 2.51. The molecule has 3 aromatic carbocycles. The van der Waals surface area contributed by atoms with Gasteiger partial charge in [-0.1, -0.05) is 41.9 Å². The van der Waals surface area contributed by atoms with E-state index in [-0.39, 0.29) is 58.9 Å². The van der Waals surface area contributed by atoms with Gasteiger partial charge < -0.3 is 25.2 Å². The largest absolute Gasteiger partial charge is 0.488 e. The van der Waals surface area contributed by atoms with Crippen LogP contribution in [0.3, 0.4) is 0 Å². The van der Waals surface area contributed by atoms with Crippen LogP contribution in [0.15, 0.2) is 48.5 Å². The van der Waals surface area contributed by atoms with E-state index in [1.807, 2.05) is 30.3 Å². The summed E-state index contributed by atoms with van der Waals surface area (Å²) in [6.07, 6.45) is 1.13. The van der Waals surface area contributed by atoms with Gasteiger partial charge in [0.05, 0.1) is 23.2 Å². The third-order valence-electron chi connectivity index (χ3n) is 6.84. The molecule has 2 atom stereocenters. The Hall–Kier alpha value is -3.20. The first kappa shape index (κ1) is 24.5. The number of benzene rings is 3. The molecule has 6 nitrogen and oxygen atoms in total. The molecule has 9 heteroatoms. The van der Waals surface area contributed by atoms with E-state index in [0.29, 0.717) is 5.56 Å². The third-order valence-corrected chi connectivity index (χ3v) is 7.21. The van der Waals surface area contributed by atoms with Crippen LogP contribution < -0.4 is 20.1 Å². The molecule has 0 bridgehead atoms. The fraction of sp³-hybridized carbons (Fsp3) is 0.296. The van der Waals surface area contributed by atoms with Crippen LogP contribution in [0.4, 0.5) is 8.78 Å². The Bertz CT molecular complexity index is 1320. The van der Waals surface area contributed by atoms with Crippen LogP contribution in [-0.2, 0) is 12.0 Å². The predicted octanol–water partition coefficient (Wildman–Crippen LogP) is 4.21. The second-order valence-corrected chi connectivity index (χ2v) is 9.18. The van der Waals surface area contributed by atoms with E-state index in [9.17, 15) is 4.79 Å². The number of amides is 1. The van der Waals surface area contributed by atoms with Gasteiger partial charge in [-0.15, -0.1) is 0 Å². The predicted molar refractivity (Wildman–Crippen MR) is 132 cm³/mol. The number of hydrogen-bond acceptors (Lipinski definition) is 5. The molecular formula is C27H25ClF2N2O4. The lowest BCUT2D eigenvalue weighted by molar-refractivity contribution is 0.0190. The SMILES string of the molecule is CNC(=O)c1ccc(OCCO)c(F)c1-c1c(Cl)c(F)cc2c1C[C@](c1ccccc1)([C@@H]1CCN1)O2. The second kappa shape index (κ2) is 9.69. The number of rotatable bonds is 7. The van der Waals surface area contributed by atoms with E-state index in [2.05, 4.69) is 10.6 Å². The molecule has 3 N–H and O–H groups in total. The minimum Gasteiger partial charge on any atom is -0.488 e. The summed E-state index contributed by atoms with van der Waals surface area (Å²) in [5.74, 6) is -2.18. The molecule has 0 spiro atoms. The maximum Gasteiger partial charge on any atom is 0.251 e. The highest BCUT2D eigenvalue weighted by atomic mass is 35.5. The van der Waals surface area contributed by atoms with Gasteiger partial charge in [-0.05, 0) is 30.7 Å². The van der Waals surface area contributed by atoms with Crippen molar-refractivity contribution in [2.45, 2.75) is 24.5 Å². The molecule has 1 saturated heterocycles. The molecule has 36 heavy (non-hydrogen) atoms. The van der Waals surface area contributed by atoms with Gasteiger partial charge in [0.2, 0.25) is 0 Å². The molecule has 0 saturated carbocycles. The maximum absolute atomic E-state index is 15.9. The zero-order chi connectivity index (χ0) is 25.4. The fourth-order valence-electron chi connectivity index (χ4n) is 5.02. The molecule has 0 aliphatic carbocycles. The molecule has 3 aromatic rings. The van der Waals surface area contributed by atoms with Gasteiger partial charge in [0, 0.05) is 36.2 Å². The van der Waals surface area contributed by atoms with Gasteiger partial charge in [0.15, 0.2) is 17.2 Å². The Morgan fingerprint density at radius 3 is 2.64 bits per heavy atom. The Balaban J connectivity index is 1.74. The summed E-state index contributed by atoms with van der Waals surface area (Å²) in [5.41, 5.74) is 0.381. The minimum atomic E-state index is -0.877. The first-order valence-electron chi connectivity index (χ1n) is 11.7. The van der Waals surface area contributed by atoms with E-state index in [1.165, 1.54) is 25.2 Å². The lowest BCUT2D eigenvalue weighted by Gasteiger charge is -2.43. The molecule has 0 unspecified atom stereocenters.